The second-order valence-corrected chi connectivity index (χ2v) is 4.68. The van der Waals surface area contributed by atoms with E-state index < -0.39 is 12.1 Å². The standard InChI is InChI=1S/C12H15ClN4O2/c13-9-4-2-1-3-8(9)7-15-12(19)16-17-6-5-10(14)11(17)18/h1-4,10H,5-7,14H2,(H2,15,16,19)/t10-/m1/s1. The average Bonchev–Trinajstić information content (AvgIpc) is 2.70. The minimum Gasteiger partial charge on any atom is -0.333 e. The number of rotatable bonds is 3. The molecule has 102 valence electrons. The molecule has 1 aliphatic heterocycles. The molecule has 0 unspecified atom stereocenters. The van der Waals surface area contributed by atoms with E-state index in [0.29, 0.717) is 24.5 Å². The molecule has 6 nitrogen and oxygen atoms in total. The van der Waals surface area contributed by atoms with Crippen molar-refractivity contribution in [1.82, 2.24) is 15.8 Å². The number of halogens is 1. The third kappa shape index (κ3) is 3.36. The van der Waals surface area contributed by atoms with Crippen molar-refractivity contribution in [3.63, 3.8) is 0 Å². The molecule has 1 aromatic carbocycles. The molecule has 1 atom stereocenters. The van der Waals surface area contributed by atoms with E-state index in [4.69, 9.17) is 17.3 Å². The first-order valence-electron chi connectivity index (χ1n) is 5.93. The molecular weight excluding hydrogens is 268 g/mol. The largest absolute Gasteiger partial charge is 0.333 e. The lowest BCUT2D eigenvalue weighted by Gasteiger charge is -2.17. The van der Waals surface area contributed by atoms with Crippen LogP contribution in [0.5, 0.6) is 0 Å². The normalized spacial score (nSPS) is 18.5. The molecule has 1 aromatic rings. The van der Waals surface area contributed by atoms with Crippen LogP contribution in [0.1, 0.15) is 12.0 Å². The second-order valence-electron chi connectivity index (χ2n) is 4.27. The Morgan fingerprint density at radius 3 is 2.84 bits per heavy atom. The number of carbonyl (C=O) groups is 2. The lowest BCUT2D eigenvalue weighted by atomic mass is 10.2. The summed E-state index contributed by atoms with van der Waals surface area (Å²) in [4.78, 5) is 23.1. The first kappa shape index (κ1) is 13.6. The Hall–Kier alpha value is -1.79. The number of hydrazine groups is 1. The number of carbonyl (C=O) groups excluding carboxylic acids is 2. The summed E-state index contributed by atoms with van der Waals surface area (Å²) >= 11 is 5.97. The molecule has 4 N–H and O–H groups in total. The molecule has 0 bridgehead atoms. The van der Waals surface area contributed by atoms with Crippen LogP contribution in [0.25, 0.3) is 0 Å². The van der Waals surface area contributed by atoms with E-state index in [-0.39, 0.29) is 5.91 Å². The van der Waals surface area contributed by atoms with Crippen LogP contribution < -0.4 is 16.5 Å². The number of urea groups is 1. The summed E-state index contributed by atoms with van der Waals surface area (Å²) in [5.74, 6) is -0.270. The first-order valence-corrected chi connectivity index (χ1v) is 6.30. The van der Waals surface area contributed by atoms with Crippen LogP contribution in [-0.4, -0.2) is 29.5 Å². The smallest absolute Gasteiger partial charge is 0.333 e. The highest BCUT2D eigenvalue weighted by atomic mass is 35.5. The summed E-state index contributed by atoms with van der Waals surface area (Å²) in [6, 6.07) is 6.24. The molecule has 1 aliphatic rings. The molecule has 7 heteroatoms. The van der Waals surface area contributed by atoms with Gasteiger partial charge in [-0.05, 0) is 18.1 Å². The van der Waals surface area contributed by atoms with Gasteiger partial charge in [-0.25, -0.2) is 10.2 Å². The second kappa shape index (κ2) is 5.90. The third-order valence-corrected chi connectivity index (χ3v) is 3.25. The van der Waals surface area contributed by atoms with Crippen molar-refractivity contribution in [1.29, 1.82) is 0 Å². The van der Waals surface area contributed by atoms with Crippen LogP contribution in [0.3, 0.4) is 0 Å². The van der Waals surface area contributed by atoms with Gasteiger partial charge in [0.2, 0.25) is 0 Å². The maximum atomic E-state index is 11.6. The summed E-state index contributed by atoms with van der Waals surface area (Å²) in [5.41, 5.74) is 8.82. The molecule has 1 saturated heterocycles. The minimum atomic E-state index is -0.524. The maximum Gasteiger partial charge on any atom is 0.333 e. The number of nitrogens with two attached hydrogens (primary N) is 1. The Balaban J connectivity index is 1.82. The van der Waals surface area contributed by atoms with Crippen molar-refractivity contribution in [2.24, 2.45) is 5.73 Å². The predicted molar refractivity (Wildman–Crippen MR) is 71.1 cm³/mol. The summed E-state index contributed by atoms with van der Waals surface area (Å²) in [6.45, 7) is 0.721. The van der Waals surface area contributed by atoms with E-state index in [0.717, 1.165) is 5.56 Å². The number of amides is 3. The fourth-order valence-corrected chi connectivity index (χ4v) is 1.99. The zero-order valence-corrected chi connectivity index (χ0v) is 11.0. The molecular formula is C12H15ClN4O2. The fraction of sp³-hybridized carbons (Fsp3) is 0.333. The van der Waals surface area contributed by atoms with Gasteiger partial charge in [0.05, 0.1) is 6.04 Å². The van der Waals surface area contributed by atoms with Crippen LogP contribution in [0.2, 0.25) is 5.02 Å². The van der Waals surface area contributed by atoms with Crippen LogP contribution in [0.4, 0.5) is 4.79 Å². The summed E-state index contributed by atoms with van der Waals surface area (Å²) in [5, 5.41) is 4.45. The van der Waals surface area contributed by atoms with Gasteiger partial charge < -0.3 is 11.1 Å². The summed E-state index contributed by atoms with van der Waals surface area (Å²) in [6.07, 6.45) is 0.545. The highest BCUT2D eigenvalue weighted by Crippen LogP contribution is 2.14. The van der Waals surface area contributed by atoms with E-state index in [9.17, 15) is 9.59 Å². The molecule has 3 amide bonds. The Morgan fingerprint density at radius 2 is 2.21 bits per heavy atom. The van der Waals surface area contributed by atoms with Crippen molar-refractivity contribution >= 4 is 23.5 Å². The van der Waals surface area contributed by atoms with Crippen LogP contribution in [0, 0.1) is 0 Å². The Kier molecular flexibility index (Phi) is 4.24. The van der Waals surface area contributed by atoms with E-state index in [1.165, 1.54) is 5.01 Å². The molecule has 0 aliphatic carbocycles. The molecule has 1 fully saturated rings. The molecule has 0 spiro atoms. The number of benzene rings is 1. The third-order valence-electron chi connectivity index (χ3n) is 2.88. The number of hydrogen-bond acceptors (Lipinski definition) is 3. The zero-order chi connectivity index (χ0) is 13.8. The Bertz CT molecular complexity index is 494. The molecule has 1 heterocycles. The average molecular weight is 283 g/mol. The minimum absolute atomic E-state index is 0.270. The van der Waals surface area contributed by atoms with Crippen LogP contribution >= 0.6 is 11.6 Å². The van der Waals surface area contributed by atoms with E-state index in [1.807, 2.05) is 18.2 Å². The number of nitrogens with zero attached hydrogens (tertiary/aromatic N) is 1. The quantitative estimate of drug-likeness (QED) is 0.759. The topological polar surface area (TPSA) is 87.5 Å². The van der Waals surface area contributed by atoms with Gasteiger partial charge in [0.1, 0.15) is 0 Å². The molecule has 2 rings (SSSR count). The number of hydrogen-bond donors (Lipinski definition) is 3. The first-order chi connectivity index (χ1) is 9.08. The van der Waals surface area contributed by atoms with Crippen LogP contribution in [-0.2, 0) is 11.3 Å². The monoisotopic (exact) mass is 282 g/mol. The Morgan fingerprint density at radius 1 is 1.47 bits per heavy atom. The Labute approximate surface area is 115 Å². The van der Waals surface area contributed by atoms with Gasteiger partial charge in [-0.2, -0.15) is 0 Å². The van der Waals surface area contributed by atoms with Gasteiger partial charge >= 0.3 is 6.03 Å². The molecule has 0 aromatic heterocycles. The summed E-state index contributed by atoms with van der Waals surface area (Å²) in [7, 11) is 0. The molecule has 0 radical (unpaired) electrons. The van der Waals surface area contributed by atoms with E-state index in [2.05, 4.69) is 10.7 Å². The van der Waals surface area contributed by atoms with Gasteiger partial charge in [-0.1, -0.05) is 29.8 Å². The van der Waals surface area contributed by atoms with Crippen molar-refractivity contribution in [2.45, 2.75) is 19.0 Å². The van der Waals surface area contributed by atoms with Gasteiger partial charge in [0.25, 0.3) is 5.91 Å². The lowest BCUT2D eigenvalue weighted by Crippen LogP contribution is -2.49. The van der Waals surface area contributed by atoms with Crippen molar-refractivity contribution in [2.75, 3.05) is 6.54 Å². The van der Waals surface area contributed by atoms with Crippen molar-refractivity contribution < 1.29 is 9.59 Å². The molecule has 19 heavy (non-hydrogen) atoms. The van der Waals surface area contributed by atoms with Gasteiger partial charge in [0, 0.05) is 18.1 Å². The predicted octanol–water partition coefficient (Wildman–Crippen LogP) is 0.614. The van der Waals surface area contributed by atoms with Gasteiger partial charge in [0.15, 0.2) is 0 Å². The number of nitrogens with one attached hydrogen (secondary N) is 2. The zero-order valence-electron chi connectivity index (χ0n) is 10.2. The SMILES string of the molecule is N[C@@H]1CCN(NC(=O)NCc2ccccc2Cl)C1=O. The van der Waals surface area contributed by atoms with Crippen LogP contribution in [0.15, 0.2) is 24.3 Å². The maximum absolute atomic E-state index is 11.6. The van der Waals surface area contributed by atoms with E-state index >= 15 is 0 Å². The van der Waals surface area contributed by atoms with E-state index in [1.54, 1.807) is 6.07 Å². The van der Waals surface area contributed by atoms with Crippen molar-refractivity contribution in [3.05, 3.63) is 34.9 Å². The highest BCUT2D eigenvalue weighted by Gasteiger charge is 2.29. The lowest BCUT2D eigenvalue weighted by molar-refractivity contribution is -0.130. The van der Waals surface area contributed by atoms with Gasteiger partial charge in [-0.3, -0.25) is 9.80 Å². The van der Waals surface area contributed by atoms with Gasteiger partial charge in [-0.15, -0.1) is 0 Å². The summed E-state index contributed by atoms with van der Waals surface area (Å²) < 4.78 is 0. The highest BCUT2D eigenvalue weighted by molar-refractivity contribution is 6.31. The van der Waals surface area contributed by atoms with Crippen molar-refractivity contribution in [3.8, 4) is 0 Å². The molecule has 0 saturated carbocycles. The fourth-order valence-electron chi connectivity index (χ4n) is 1.79.